The number of nitrogens with zero attached hydrogens (tertiary/aromatic N) is 1. The first-order valence-corrected chi connectivity index (χ1v) is 8.80. The largest absolute Gasteiger partial charge is 0.353 e. The van der Waals surface area contributed by atoms with Crippen LogP contribution in [0, 0.1) is 0 Å². The van der Waals surface area contributed by atoms with Crippen molar-refractivity contribution in [3.63, 3.8) is 0 Å². The van der Waals surface area contributed by atoms with E-state index in [2.05, 4.69) is 12.2 Å². The molecule has 1 aliphatic heterocycles. The molecule has 1 saturated heterocycles. The Morgan fingerprint density at radius 3 is 2.61 bits per heavy atom. The van der Waals surface area contributed by atoms with Crippen LogP contribution in [-0.2, 0) is 4.79 Å². The van der Waals surface area contributed by atoms with Gasteiger partial charge in [0, 0.05) is 30.6 Å². The summed E-state index contributed by atoms with van der Waals surface area (Å²) >= 11 is 12.0. The Labute approximate surface area is 147 Å². The highest BCUT2D eigenvalue weighted by Crippen LogP contribution is 2.23. The van der Waals surface area contributed by atoms with Crippen LogP contribution in [0.4, 0.5) is 0 Å². The van der Waals surface area contributed by atoms with Gasteiger partial charge in [-0.15, -0.1) is 0 Å². The van der Waals surface area contributed by atoms with E-state index < -0.39 is 0 Å². The SMILES string of the molecule is CCCCC(=O)NC1CCN(C(=O)c2cc(Cl)ccc2Cl)CC1. The summed E-state index contributed by atoms with van der Waals surface area (Å²) in [6.45, 7) is 3.29. The first-order valence-electron chi connectivity index (χ1n) is 8.05. The van der Waals surface area contributed by atoms with Crippen LogP contribution in [-0.4, -0.2) is 35.8 Å². The molecule has 0 atom stereocenters. The Hall–Kier alpha value is -1.26. The number of hydrogen-bond donors (Lipinski definition) is 1. The molecular formula is C17H22Cl2N2O2. The van der Waals surface area contributed by atoms with Gasteiger partial charge in [-0.1, -0.05) is 36.5 Å². The van der Waals surface area contributed by atoms with Crippen LogP contribution >= 0.6 is 23.2 Å². The molecule has 4 nitrogen and oxygen atoms in total. The van der Waals surface area contributed by atoms with Gasteiger partial charge in [-0.2, -0.15) is 0 Å². The van der Waals surface area contributed by atoms with Crippen molar-refractivity contribution in [3.8, 4) is 0 Å². The maximum absolute atomic E-state index is 12.5. The van der Waals surface area contributed by atoms with E-state index in [9.17, 15) is 9.59 Å². The van der Waals surface area contributed by atoms with E-state index >= 15 is 0 Å². The zero-order chi connectivity index (χ0) is 16.8. The molecule has 1 aliphatic rings. The van der Waals surface area contributed by atoms with Gasteiger partial charge >= 0.3 is 0 Å². The van der Waals surface area contributed by atoms with Gasteiger partial charge in [0.25, 0.3) is 5.91 Å². The summed E-state index contributed by atoms with van der Waals surface area (Å²) in [5, 5.41) is 3.96. The quantitative estimate of drug-likeness (QED) is 0.869. The number of piperidine rings is 1. The molecule has 0 saturated carbocycles. The van der Waals surface area contributed by atoms with Crippen molar-refractivity contribution >= 4 is 35.0 Å². The van der Waals surface area contributed by atoms with Gasteiger partial charge in [0.2, 0.25) is 5.91 Å². The van der Waals surface area contributed by atoms with Crippen molar-refractivity contribution in [2.45, 2.75) is 45.1 Å². The summed E-state index contributed by atoms with van der Waals surface area (Å²) in [5.41, 5.74) is 0.435. The predicted octanol–water partition coefficient (Wildman–Crippen LogP) is 3.90. The number of rotatable bonds is 5. The highest BCUT2D eigenvalue weighted by Gasteiger charge is 2.25. The van der Waals surface area contributed by atoms with E-state index in [4.69, 9.17) is 23.2 Å². The molecule has 0 aromatic heterocycles. The molecule has 2 rings (SSSR count). The first-order chi connectivity index (χ1) is 11.0. The predicted molar refractivity (Wildman–Crippen MR) is 93.1 cm³/mol. The number of halogens is 2. The van der Waals surface area contributed by atoms with Crippen molar-refractivity contribution < 1.29 is 9.59 Å². The second kappa shape index (κ2) is 8.55. The van der Waals surface area contributed by atoms with Crippen LogP contribution in [0.1, 0.15) is 49.4 Å². The second-order valence-electron chi connectivity index (χ2n) is 5.86. The summed E-state index contributed by atoms with van der Waals surface area (Å²) in [5.74, 6) is 0.00257. The van der Waals surface area contributed by atoms with Crippen LogP contribution in [0.15, 0.2) is 18.2 Å². The van der Waals surface area contributed by atoms with Crippen LogP contribution in [0.2, 0.25) is 10.0 Å². The molecule has 1 fully saturated rings. The third kappa shape index (κ3) is 5.11. The lowest BCUT2D eigenvalue weighted by molar-refractivity contribution is -0.122. The summed E-state index contributed by atoms with van der Waals surface area (Å²) < 4.78 is 0. The van der Waals surface area contributed by atoms with Gasteiger partial charge in [0.05, 0.1) is 10.6 Å². The molecule has 1 N–H and O–H groups in total. The molecule has 0 radical (unpaired) electrons. The van der Waals surface area contributed by atoms with Crippen LogP contribution in [0.25, 0.3) is 0 Å². The third-order valence-corrected chi connectivity index (χ3v) is 4.63. The van der Waals surface area contributed by atoms with E-state index in [1.54, 1.807) is 23.1 Å². The number of nitrogens with one attached hydrogen (secondary N) is 1. The van der Waals surface area contributed by atoms with E-state index in [0.29, 0.717) is 35.1 Å². The lowest BCUT2D eigenvalue weighted by Crippen LogP contribution is -2.46. The third-order valence-electron chi connectivity index (χ3n) is 4.06. The lowest BCUT2D eigenvalue weighted by Gasteiger charge is -2.32. The number of unbranched alkanes of at least 4 members (excludes halogenated alkanes) is 1. The smallest absolute Gasteiger partial charge is 0.255 e. The minimum Gasteiger partial charge on any atom is -0.353 e. The average Bonchev–Trinajstić information content (AvgIpc) is 2.55. The normalized spacial score (nSPS) is 15.5. The molecular weight excluding hydrogens is 335 g/mol. The number of amides is 2. The van der Waals surface area contributed by atoms with Crippen molar-refractivity contribution in [1.82, 2.24) is 10.2 Å². The maximum Gasteiger partial charge on any atom is 0.255 e. The summed E-state index contributed by atoms with van der Waals surface area (Å²) in [6, 6.07) is 5.06. The van der Waals surface area contributed by atoms with E-state index in [-0.39, 0.29) is 17.9 Å². The standard InChI is InChI=1S/C17H22Cl2N2O2/c1-2-3-4-16(22)20-13-7-9-21(10-8-13)17(23)14-11-12(18)5-6-15(14)19/h5-6,11,13H,2-4,7-10H2,1H3,(H,20,22). The summed E-state index contributed by atoms with van der Waals surface area (Å²) in [7, 11) is 0. The number of carbonyl (C=O) groups is 2. The van der Waals surface area contributed by atoms with Crippen molar-refractivity contribution in [2.75, 3.05) is 13.1 Å². The van der Waals surface area contributed by atoms with E-state index in [0.717, 1.165) is 25.7 Å². The Morgan fingerprint density at radius 2 is 1.96 bits per heavy atom. The Balaban J connectivity index is 1.87. The minimum atomic E-state index is -0.103. The lowest BCUT2D eigenvalue weighted by atomic mass is 10.0. The highest BCUT2D eigenvalue weighted by atomic mass is 35.5. The Morgan fingerprint density at radius 1 is 1.26 bits per heavy atom. The number of benzene rings is 1. The molecule has 1 aromatic carbocycles. The molecule has 0 aliphatic carbocycles. The van der Waals surface area contributed by atoms with Gasteiger partial charge in [-0.05, 0) is 37.5 Å². The van der Waals surface area contributed by atoms with Crippen LogP contribution in [0.5, 0.6) is 0 Å². The number of likely N-dealkylation sites (tertiary alicyclic amines) is 1. The Kier molecular flexibility index (Phi) is 6.72. The number of hydrogen-bond acceptors (Lipinski definition) is 2. The maximum atomic E-state index is 12.5. The van der Waals surface area contributed by atoms with Gasteiger partial charge < -0.3 is 10.2 Å². The molecule has 0 unspecified atom stereocenters. The molecule has 1 aromatic rings. The van der Waals surface area contributed by atoms with Gasteiger partial charge in [0.1, 0.15) is 0 Å². The minimum absolute atomic E-state index is 0.103. The first kappa shape index (κ1) is 18.1. The van der Waals surface area contributed by atoms with Crippen molar-refractivity contribution in [3.05, 3.63) is 33.8 Å². The van der Waals surface area contributed by atoms with Crippen LogP contribution < -0.4 is 5.32 Å². The fourth-order valence-corrected chi connectivity index (χ4v) is 3.07. The highest BCUT2D eigenvalue weighted by molar-refractivity contribution is 6.35. The van der Waals surface area contributed by atoms with E-state index in [1.165, 1.54) is 0 Å². The molecule has 6 heteroatoms. The van der Waals surface area contributed by atoms with Crippen LogP contribution in [0.3, 0.4) is 0 Å². The fourth-order valence-electron chi connectivity index (χ4n) is 2.70. The summed E-state index contributed by atoms with van der Waals surface area (Å²) in [6.07, 6.45) is 4.04. The molecule has 2 amide bonds. The van der Waals surface area contributed by atoms with Gasteiger partial charge in [-0.25, -0.2) is 0 Å². The monoisotopic (exact) mass is 356 g/mol. The molecule has 0 bridgehead atoms. The zero-order valence-corrected chi connectivity index (χ0v) is 14.8. The second-order valence-corrected chi connectivity index (χ2v) is 6.71. The molecule has 1 heterocycles. The molecule has 0 spiro atoms. The molecule has 23 heavy (non-hydrogen) atoms. The van der Waals surface area contributed by atoms with Gasteiger partial charge in [0.15, 0.2) is 0 Å². The van der Waals surface area contributed by atoms with Crippen molar-refractivity contribution in [2.24, 2.45) is 0 Å². The molecule has 126 valence electrons. The fraction of sp³-hybridized carbons (Fsp3) is 0.529. The summed E-state index contributed by atoms with van der Waals surface area (Å²) in [4.78, 5) is 26.1. The van der Waals surface area contributed by atoms with E-state index in [1.807, 2.05) is 0 Å². The zero-order valence-electron chi connectivity index (χ0n) is 13.3. The van der Waals surface area contributed by atoms with Gasteiger partial charge in [-0.3, -0.25) is 9.59 Å². The average molecular weight is 357 g/mol. The Bertz CT molecular complexity index is 570. The number of carbonyl (C=O) groups excluding carboxylic acids is 2. The van der Waals surface area contributed by atoms with Crippen molar-refractivity contribution in [1.29, 1.82) is 0 Å². The topological polar surface area (TPSA) is 49.4 Å².